The Morgan fingerprint density at radius 1 is 1.19 bits per heavy atom. The number of hydrogen-bond donors (Lipinski definition) is 3. The zero-order valence-electron chi connectivity index (χ0n) is 8.95. The van der Waals surface area contributed by atoms with E-state index in [4.69, 9.17) is 23.2 Å². The Labute approximate surface area is 105 Å². The molecular weight excluding hydrogens is 249 g/mol. The van der Waals surface area contributed by atoms with Gasteiger partial charge in [-0.05, 0) is 43.8 Å². The Bertz CT molecular complexity index is 327. The SMILES string of the molecule is CNCCC(O)C(O)c1cc(Cl)cc(Cl)c1. The van der Waals surface area contributed by atoms with E-state index >= 15 is 0 Å². The molecule has 2 atom stereocenters. The quantitative estimate of drug-likeness (QED) is 0.762. The molecule has 0 fully saturated rings. The van der Waals surface area contributed by atoms with Gasteiger partial charge in [0, 0.05) is 10.0 Å². The van der Waals surface area contributed by atoms with Crippen molar-refractivity contribution in [1.29, 1.82) is 0 Å². The molecule has 16 heavy (non-hydrogen) atoms. The average molecular weight is 264 g/mol. The number of nitrogens with one attached hydrogen (secondary N) is 1. The van der Waals surface area contributed by atoms with Crippen LogP contribution in [0.5, 0.6) is 0 Å². The van der Waals surface area contributed by atoms with Crippen LogP contribution < -0.4 is 5.32 Å². The van der Waals surface area contributed by atoms with Gasteiger partial charge in [-0.25, -0.2) is 0 Å². The summed E-state index contributed by atoms with van der Waals surface area (Å²) in [7, 11) is 1.79. The maximum absolute atomic E-state index is 9.87. The van der Waals surface area contributed by atoms with E-state index in [-0.39, 0.29) is 0 Å². The number of aliphatic hydroxyl groups is 2. The van der Waals surface area contributed by atoms with Gasteiger partial charge in [-0.1, -0.05) is 23.2 Å². The second-order valence-electron chi connectivity index (χ2n) is 3.61. The van der Waals surface area contributed by atoms with Crippen LogP contribution in [0.3, 0.4) is 0 Å². The minimum atomic E-state index is -0.968. The molecule has 0 aromatic heterocycles. The van der Waals surface area contributed by atoms with Crippen molar-refractivity contribution in [1.82, 2.24) is 5.32 Å². The Hall–Kier alpha value is -0.320. The molecule has 0 heterocycles. The fraction of sp³-hybridized carbons (Fsp3) is 0.455. The summed E-state index contributed by atoms with van der Waals surface area (Å²) in [5.41, 5.74) is 0.529. The van der Waals surface area contributed by atoms with Gasteiger partial charge in [0.05, 0.1) is 6.10 Å². The first kappa shape index (κ1) is 13.7. The molecule has 0 saturated carbocycles. The van der Waals surface area contributed by atoms with Crippen LogP contribution in [-0.2, 0) is 0 Å². The molecule has 0 radical (unpaired) electrons. The maximum Gasteiger partial charge on any atom is 0.105 e. The summed E-state index contributed by atoms with van der Waals surface area (Å²) in [6.45, 7) is 0.631. The smallest absolute Gasteiger partial charge is 0.105 e. The van der Waals surface area contributed by atoms with E-state index in [2.05, 4.69) is 5.32 Å². The second kappa shape index (κ2) is 6.42. The zero-order chi connectivity index (χ0) is 12.1. The van der Waals surface area contributed by atoms with Crippen molar-refractivity contribution in [3.63, 3.8) is 0 Å². The molecule has 0 aliphatic rings. The molecule has 0 aliphatic carbocycles. The highest BCUT2D eigenvalue weighted by atomic mass is 35.5. The van der Waals surface area contributed by atoms with Crippen LogP contribution >= 0.6 is 23.2 Å². The van der Waals surface area contributed by atoms with E-state index in [0.717, 1.165) is 0 Å². The van der Waals surface area contributed by atoms with Gasteiger partial charge in [-0.2, -0.15) is 0 Å². The van der Waals surface area contributed by atoms with Crippen molar-refractivity contribution in [2.24, 2.45) is 0 Å². The Morgan fingerprint density at radius 2 is 1.75 bits per heavy atom. The molecule has 0 saturated heterocycles. The van der Waals surface area contributed by atoms with E-state index in [1.807, 2.05) is 0 Å². The Morgan fingerprint density at radius 3 is 2.25 bits per heavy atom. The summed E-state index contributed by atoms with van der Waals surface area (Å²) in [5.74, 6) is 0. The molecule has 5 heteroatoms. The summed E-state index contributed by atoms with van der Waals surface area (Å²) in [4.78, 5) is 0. The highest BCUT2D eigenvalue weighted by Crippen LogP contribution is 2.26. The monoisotopic (exact) mass is 263 g/mol. The van der Waals surface area contributed by atoms with Crippen molar-refractivity contribution in [2.75, 3.05) is 13.6 Å². The van der Waals surface area contributed by atoms with Crippen LogP contribution in [0.1, 0.15) is 18.1 Å². The van der Waals surface area contributed by atoms with E-state index < -0.39 is 12.2 Å². The van der Waals surface area contributed by atoms with Crippen molar-refractivity contribution in [2.45, 2.75) is 18.6 Å². The molecule has 0 aliphatic heterocycles. The van der Waals surface area contributed by atoms with Crippen molar-refractivity contribution >= 4 is 23.2 Å². The van der Waals surface area contributed by atoms with Gasteiger partial charge < -0.3 is 15.5 Å². The summed E-state index contributed by atoms with van der Waals surface area (Å²) in [6, 6.07) is 4.78. The van der Waals surface area contributed by atoms with Crippen LogP contribution in [-0.4, -0.2) is 29.9 Å². The summed E-state index contributed by atoms with van der Waals surface area (Å²) >= 11 is 11.6. The minimum absolute atomic E-state index is 0.447. The van der Waals surface area contributed by atoms with Gasteiger partial charge in [0.1, 0.15) is 6.10 Å². The molecule has 90 valence electrons. The molecule has 1 aromatic rings. The lowest BCUT2D eigenvalue weighted by molar-refractivity contribution is 0.0140. The largest absolute Gasteiger partial charge is 0.390 e. The van der Waals surface area contributed by atoms with Crippen molar-refractivity contribution in [3.8, 4) is 0 Å². The molecule has 0 spiro atoms. The average Bonchev–Trinajstić information content (AvgIpc) is 2.23. The standard InChI is InChI=1S/C11H15Cl2NO2/c1-14-3-2-10(15)11(16)7-4-8(12)6-9(13)5-7/h4-6,10-11,14-16H,2-3H2,1H3. The first-order valence-electron chi connectivity index (χ1n) is 5.01. The lowest BCUT2D eigenvalue weighted by Gasteiger charge is -2.18. The molecule has 3 N–H and O–H groups in total. The molecule has 0 amide bonds. The number of hydrogen-bond acceptors (Lipinski definition) is 3. The fourth-order valence-electron chi connectivity index (χ4n) is 1.42. The molecular formula is C11H15Cl2NO2. The highest BCUT2D eigenvalue weighted by Gasteiger charge is 2.18. The van der Waals surface area contributed by atoms with Crippen molar-refractivity contribution in [3.05, 3.63) is 33.8 Å². The molecule has 1 aromatic carbocycles. The normalized spacial score (nSPS) is 14.8. The van der Waals surface area contributed by atoms with Crippen LogP contribution in [0.4, 0.5) is 0 Å². The van der Waals surface area contributed by atoms with Crippen LogP contribution in [0.15, 0.2) is 18.2 Å². The maximum atomic E-state index is 9.87. The van der Waals surface area contributed by atoms with Crippen LogP contribution in [0.25, 0.3) is 0 Å². The molecule has 1 rings (SSSR count). The third-order valence-electron chi connectivity index (χ3n) is 2.28. The topological polar surface area (TPSA) is 52.5 Å². The lowest BCUT2D eigenvalue weighted by Crippen LogP contribution is -2.23. The molecule has 3 nitrogen and oxygen atoms in total. The summed E-state index contributed by atoms with van der Waals surface area (Å²) in [5, 5.41) is 23.4. The summed E-state index contributed by atoms with van der Waals surface area (Å²) < 4.78 is 0. The van der Waals surface area contributed by atoms with Gasteiger partial charge in [0.2, 0.25) is 0 Å². The molecule has 0 bridgehead atoms. The van der Waals surface area contributed by atoms with Gasteiger partial charge >= 0.3 is 0 Å². The van der Waals surface area contributed by atoms with E-state index in [1.165, 1.54) is 0 Å². The fourth-order valence-corrected chi connectivity index (χ4v) is 1.96. The lowest BCUT2D eigenvalue weighted by atomic mass is 10.0. The van der Waals surface area contributed by atoms with Gasteiger partial charge in [0.25, 0.3) is 0 Å². The first-order chi connectivity index (χ1) is 7.54. The van der Waals surface area contributed by atoms with Crippen LogP contribution in [0.2, 0.25) is 10.0 Å². The Kier molecular flexibility index (Phi) is 5.52. The predicted octanol–water partition coefficient (Wildman–Crippen LogP) is 2.00. The first-order valence-corrected chi connectivity index (χ1v) is 5.77. The zero-order valence-corrected chi connectivity index (χ0v) is 10.5. The molecule has 2 unspecified atom stereocenters. The second-order valence-corrected chi connectivity index (χ2v) is 4.48. The third kappa shape index (κ3) is 3.92. The minimum Gasteiger partial charge on any atom is -0.390 e. The highest BCUT2D eigenvalue weighted by molar-refractivity contribution is 6.34. The number of halogens is 2. The number of rotatable bonds is 5. The van der Waals surface area contributed by atoms with Gasteiger partial charge in [0.15, 0.2) is 0 Å². The number of aliphatic hydroxyl groups excluding tert-OH is 2. The van der Waals surface area contributed by atoms with E-state index in [9.17, 15) is 10.2 Å². The number of benzene rings is 1. The Balaban J connectivity index is 2.74. The van der Waals surface area contributed by atoms with Crippen LogP contribution in [0, 0.1) is 0 Å². The van der Waals surface area contributed by atoms with E-state index in [1.54, 1.807) is 25.2 Å². The van der Waals surface area contributed by atoms with Crippen molar-refractivity contribution < 1.29 is 10.2 Å². The van der Waals surface area contributed by atoms with E-state index in [0.29, 0.717) is 28.6 Å². The predicted molar refractivity (Wildman–Crippen MR) is 66.0 cm³/mol. The van der Waals surface area contributed by atoms with Gasteiger partial charge in [-0.15, -0.1) is 0 Å². The summed E-state index contributed by atoms with van der Waals surface area (Å²) in [6.07, 6.45) is -1.34. The third-order valence-corrected chi connectivity index (χ3v) is 2.72. The van der Waals surface area contributed by atoms with Gasteiger partial charge in [-0.3, -0.25) is 0 Å².